The second-order valence-corrected chi connectivity index (χ2v) is 31.1. The molecule has 0 aliphatic carbocycles. The van der Waals surface area contributed by atoms with E-state index < -0.39 is 225 Å². The van der Waals surface area contributed by atoms with E-state index in [1.165, 1.54) is 44.1 Å². The highest BCUT2D eigenvalue weighted by atomic mass is 19.1. The van der Waals surface area contributed by atoms with Crippen molar-refractivity contribution in [3.63, 3.8) is 0 Å². The third-order valence-corrected chi connectivity index (χ3v) is 22.5. The Balaban J connectivity index is 1.00. The summed E-state index contributed by atoms with van der Waals surface area (Å²) in [5.74, 6) is -11.4. The first-order valence-corrected chi connectivity index (χ1v) is 40.0. The van der Waals surface area contributed by atoms with Crippen LogP contribution in [0.1, 0.15) is 118 Å². The molecule has 35 nitrogen and oxygen atoms in total. The number of aliphatic hydroxyl groups excluding tert-OH is 5. The van der Waals surface area contributed by atoms with Gasteiger partial charge in [0.15, 0.2) is 6.23 Å². The average molecular weight is 1640 g/mol. The van der Waals surface area contributed by atoms with Crippen molar-refractivity contribution in [1.29, 1.82) is 0 Å². The molecule has 36 heteroatoms. The maximum atomic E-state index is 16.4. The van der Waals surface area contributed by atoms with Crippen molar-refractivity contribution in [3.8, 4) is 5.75 Å². The van der Waals surface area contributed by atoms with Gasteiger partial charge in [-0.05, 0) is 129 Å². The van der Waals surface area contributed by atoms with Gasteiger partial charge in [-0.1, -0.05) is 60.7 Å². The summed E-state index contributed by atoms with van der Waals surface area (Å²) in [6.45, 7) is 2.16. The summed E-state index contributed by atoms with van der Waals surface area (Å²) in [5, 5.41) is 79.5. The van der Waals surface area contributed by atoms with E-state index in [0.717, 1.165) is 10.5 Å². The standard InChI is InChI=1S/C82H105FN14O21/c1-45-73(108)91-59(40-86-63(100)23-24-65(102)92-78-72(107)71(106)70(105)62(43-98)118-78)75(110)88-56-36-50-10-7-11-51(34-50)39-85-66(103)44-117-61-12-8-32-96-69(61)77(112)93-68(46(2)99)76(111)90-57(35-48-17-20-54(116-4)21-18-48)80(114)97-33-9-28-82(97,3)81(115)84-29-27-47-13-15-49(16-14-47)41-95(67(104)26-25-64(101)87-45)31-6-5-30-94-42-52(37-58(79(96)113)89-74(56)109)55-38-53(83)19-22-60(55)94/h7,10-11,13-22,34,38,42,45-46,56-59,61-62,68-72,78,98-99,105-107H,5-6,8-9,12,23-33,35-37,39-41,43-44H2,1-4H3,(H,84,115)(H,85,103)(H,86,100)(H,87,101)(H,88,110)(H,89,109)(H,90,111)(H,91,108)(H,92,102)(H,93,112)/t45-,46+,56-,57-,58-,59+,61-,62?,68-,69?,70?,71?,72?,78?,82-/m0/s1. The molecule has 0 radical (unpaired) electrons. The van der Waals surface area contributed by atoms with E-state index in [2.05, 4.69) is 53.2 Å². The van der Waals surface area contributed by atoms with Crippen molar-refractivity contribution in [3.05, 3.63) is 136 Å². The number of hydrogen-bond acceptors (Lipinski definition) is 21. The second kappa shape index (κ2) is 40.0. The number of fused-ring (bicyclic) bond motifs is 16. The molecule has 6 unspecified atom stereocenters. The number of aliphatic hydroxyl groups is 5. The zero-order chi connectivity index (χ0) is 84.6. The molecule has 15 atom stereocenters. The van der Waals surface area contributed by atoms with E-state index in [0.29, 0.717) is 59.2 Å². The van der Waals surface area contributed by atoms with Crippen LogP contribution >= 0.6 is 0 Å². The van der Waals surface area contributed by atoms with Crippen molar-refractivity contribution in [2.45, 2.75) is 221 Å². The molecule has 8 heterocycles. The Morgan fingerprint density at radius 2 is 1.40 bits per heavy atom. The Morgan fingerprint density at radius 1 is 0.678 bits per heavy atom. The first-order chi connectivity index (χ1) is 56.5. The summed E-state index contributed by atoms with van der Waals surface area (Å²) in [6.07, 6.45) is -11.1. The zero-order valence-electron chi connectivity index (χ0n) is 66.2. The lowest BCUT2D eigenvalue weighted by Crippen LogP contribution is -2.66. The minimum absolute atomic E-state index is 0.00393. The fraction of sp³-hybridized carbons (Fsp3) is 0.524. The number of benzene rings is 4. The molecule has 5 aromatic rings. The molecule has 13 amide bonds. The SMILES string of the molecule is COc1ccc(C[C@@H]2NC(=O)[C@H]([C@@H](C)O)NC(=O)C3[C@@H]4CCCN3C(=O)[C@@H]3Cc5cn(c6ccc(F)cc56)CCCCN(Cc5ccc(cc5)CCNC(=O)[C@]5(C)CCCN5C2=O)C(=O)CCC(=O)N[C@@H](C)C(=O)N[C@H](CNC(=O)CCC(=O)NC2OC(CO)C(O)C(O)C2O)C(=O)N[C@@H](Cc2cccc(c2)CNC(=O)CO4)C(=O)N3)cc1. The van der Waals surface area contributed by atoms with E-state index in [4.69, 9.17) is 14.2 Å². The van der Waals surface area contributed by atoms with Crippen molar-refractivity contribution in [2.75, 3.05) is 53.0 Å². The van der Waals surface area contributed by atoms with Crippen molar-refractivity contribution >= 4 is 87.7 Å². The van der Waals surface area contributed by atoms with E-state index in [9.17, 15) is 59.1 Å². The molecule has 636 valence electrons. The van der Waals surface area contributed by atoms with Gasteiger partial charge in [-0.25, -0.2) is 4.39 Å². The van der Waals surface area contributed by atoms with Gasteiger partial charge in [0.2, 0.25) is 76.8 Å². The van der Waals surface area contributed by atoms with E-state index >= 15 is 33.2 Å². The number of aromatic nitrogens is 1. The first kappa shape index (κ1) is 87.8. The van der Waals surface area contributed by atoms with Crippen LogP contribution in [0.5, 0.6) is 5.75 Å². The molecular weight excluding hydrogens is 1540 g/mol. The minimum Gasteiger partial charge on any atom is -0.497 e. The molecule has 118 heavy (non-hydrogen) atoms. The van der Waals surface area contributed by atoms with Crippen LogP contribution in [-0.2, 0) is 117 Å². The zero-order valence-corrected chi connectivity index (χ0v) is 66.2. The van der Waals surface area contributed by atoms with Crippen LogP contribution in [0.2, 0.25) is 0 Å². The lowest BCUT2D eigenvalue weighted by atomic mass is 9.94. The molecule has 3 fully saturated rings. The first-order valence-electron chi connectivity index (χ1n) is 40.0. The Morgan fingerprint density at radius 3 is 2.14 bits per heavy atom. The van der Waals surface area contributed by atoms with E-state index in [1.807, 2.05) is 28.8 Å². The monoisotopic (exact) mass is 1640 g/mol. The highest BCUT2D eigenvalue weighted by molar-refractivity contribution is 6.00. The number of nitrogens with one attached hydrogen (secondary N) is 10. The van der Waals surface area contributed by atoms with Crippen LogP contribution < -0.4 is 57.9 Å². The van der Waals surface area contributed by atoms with Gasteiger partial charge in [0.1, 0.15) is 90.4 Å². The Hall–Kier alpha value is -11.0. The third-order valence-electron chi connectivity index (χ3n) is 22.5. The van der Waals surface area contributed by atoms with Crippen molar-refractivity contribution < 1.29 is 106 Å². The number of nitrogens with zero attached hydrogens (tertiary/aromatic N) is 4. The number of aryl methyl sites for hydroxylation is 1. The smallest absolute Gasteiger partial charge is 0.246 e. The number of rotatable bonds is 11. The topological polar surface area (TPSA) is 486 Å². The van der Waals surface area contributed by atoms with Crippen LogP contribution in [0.3, 0.4) is 0 Å². The predicted octanol–water partition coefficient (Wildman–Crippen LogP) is -2.40. The van der Waals surface area contributed by atoms with Gasteiger partial charge in [0.05, 0.1) is 25.9 Å². The number of carbonyl (C=O) groups is 13. The molecule has 7 aliphatic heterocycles. The van der Waals surface area contributed by atoms with E-state index in [1.54, 1.807) is 66.6 Å². The van der Waals surface area contributed by atoms with Gasteiger partial charge in [-0.3, -0.25) is 62.3 Å². The molecule has 0 spiro atoms. The molecule has 0 saturated carbocycles. The number of amides is 13. The number of ether oxygens (including phenoxy) is 3. The molecule has 1 aromatic heterocycles. The highest BCUT2D eigenvalue weighted by Crippen LogP contribution is 2.33. The van der Waals surface area contributed by atoms with Gasteiger partial charge in [0, 0.05) is 114 Å². The third kappa shape index (κ3) is 22.0. The molecular formula is C82H105FN14O21. The van der Waals surface area contributed by atoms with E-state index in [-0.39, 0.29) is 88.9 Å². The number of hydrogen-bond donors (Lipinski definition) is 15. The van der Waals surface area contributed by atoms with Gasteiger partial charge in [-0.15, -0.1) is 0 Å². The maximum absolute atomic E-state index is 16.4. The van der Waals surface area contributed by atoms with Crippen LogP contribution in [0.25, 0.3) is 10.9 Å². The summed E-state index contributed by atoms with van der Waals surface area (Å²) in [6, 6.07) is 12.5. The molecule has 12 bridgehead atoms. The number of halogens is 1. The molecule has 4 aromatic carbocycles. The summed E-state index contributed by atoms with van der Waals surface area (Å²) in [7, 11) is 1.47. The van der Waals surface area contributed by atoms with Crippen molar-refractivity contribution in [1.82, 2.24) is 72.4 Å². The predicted molar refractivity (Wildman–Crippen MR) is 418 cm³/mol. The number of piperidine rings is 1. The lowest BCUT2D eigenvalue weighted by Gasteiger charge is -2.42. The van der Waals surface area contributed by atoms with Gasteiger partial charge < -0.3 is 112 Å². The summed E-state index contributed by atoms with van der Waals surface area (Å²) in [4.78, 5) is 197. The van der Waals surface area contributed by atoms with Crippen molar-refractivity contribution in [2.24, 2.45) is 0 Å². The van der Waals surface area contributed by atoms with Gasteiger partial charge in [-0.2, -0.15) is 0 Å². The van der Waals surface area contributed by atoms with Crippen LogP contribution in [-0.4, -0.2) is 265 Å². The Labute approximate surface area is 679 Å². The summed E-state index contributed by atoms with van der Waals surface area (Å²) in [5.41, 5.74) is 2.21. The normalized spacial score (nSPS) is 27.9. The fourth-order valence-electron chi connectivity index (χ4n) is 15.8. The molecule has 7 aliphatic rings. The summed E-state index contributed by atoms with van der Waals surface area (Å²) < 4.78 is 34.9. The van der Waals surface area contributed by atoms with Crippen LogP contribution in [0.15, 0.2) is 97.2 Å². The number of carbonyl (C=O) groups excluding carboxylic acids is 13. The maximum Gasteiger partial charge on any atom is 0.246 e. The quantitative estimate of drug-likeness (QED) is 0.0655. The average Bonchev–Trinajstić information content (AvgIpc) is 1.78. The molecule has 15 N–H and O–H groups in total. The Kier molecular flexibility index (Phi) is 29.7. The highest BCUT2D eigenvalue weighted by Gasteiger charge is 2.50. The fourth-order valence-corrected chi connectivity index (χ4v) is 15.8. The molecule has 3 saturated heterocycles. The van der Waals surface area contributed by atoms with Crippen LogP contribution in [0, 0.1) is 5.82 Å². The summed E-state index contributed by atoms with van der Waals surface area (Å²) >= 11 is 0. The minimum atomic E-state index is -1.91. The second-order valence-electron chi connectivity index (χ2n) is 31.1. The lowest BCUT2D eigenvalue weighted by molar-refractivity contribution is -0.236. The van der Waals surface area contributed by atoms with Gasteiger partial charge >= 0.3 is 0 Å². The number of methoxy groups -OCH3 is 1. The van der Waals surface area contributed by atoms with Gasteiger partial charge in [0.25, 0.3) is 0 Å². The molecule has 12 rings (SSSR count). The van der Waals surface area contributed by atoms with Crippen LogP contribution in [0.4, 0.5) is 4.39 Å². The Bertz CT molecular complexity index is 4510. The largest absolute Gasteiger partial charge is 0.497 e.